The van der Waals surface area contributed by atoms with Gasteiger partial charge in [-0.1, -0.05) is 18.2 Å². The van der Waals surface area contributed by atoms with E-state index in [1.807, 2.05) is 48.5 Å². The summed E-state index contributed by atoms with van der Waals surface area (Å²) in [7, 11) is 3.19. The third kappa shape index (κ3) is 3.29. The van der Waals surface area contributed by atoms with Crippen LogP contribution < -0.4 is 14.8 Å². The Morgan fingerprint density at radius 1 is 0.966 bits per heavy atom. The summed E-state index contributed by atoms with van der Waals surface area (Å²) in [5, 5.41) is 15.4. The lowest BCUT2D eigenvalue weighted by molar-refractivity contribution is 0.0698. The van der Waals surface area contributed by atoms with E-state index in [4.69, 9.17) is 9.47 Å². The van der Waals surface area contributed by atoms with Gasteiger partial charge in [0.05, 0.1) is 25.3 Å². The largest absolute Gasteiger partial charge is 0.493 e. The number of pyridine rings is 1. The molecule has 0 aliphatic rings. The Morgan fingerprint density at radius 2 is 1.72 bits per heavy atom. The van der Waals surface area contributed by atoms with Crippen LogP contribution in [0.5, 0.6) is 11.5 Å². The van der Waals surface area contributed by atoms with Crippen molar-refractivity contribution in [1.29, 1.82) is 0 Å². The molecule has 2 N–H and O–H groups in total. The van der Waals surface area contributed by atoms with Crippen LogP contribution in [-0.4, -0.2) is 30.3 Å². The molecule has 0 atom stereocenters. The molecule has 4 rings (SSSR count). The summed E-state index contributed by atoms with van der Waals surface area (Å²) in [5.74, 6) is 0.318. The average Bonchev–Trinajstić information content (AvgIpc) is 2.72. The van der Waals surface area contributed by atoms with Gasteiger partial charge in [0.15, 0.2) is 11.5 Å². The number of aromatic nitrogens is 1. The van der Waals surface area contributed by atoms with Crippen molar-refractivity contribution in [2.45, 2.75) is 6.92 Å². The van der Waals surface area contributed by atoms with Crippen LogP contribution in [0.25, 0.3) is 21.7 Å². The standard InChI is InChI=1S/C23H20N2O4/c1-13-4-5-14-10-15(6-7-16(14)22(13)23(26)27)25-18-8-9-24-19-12-21(29-3)20(28-2)11-17(18)19/h4-12H,1-3H3,(H,24,25)(H,26,27). The third-order valence-corrected chi connectivity index (χ3v) is 4.97. The molecular weight excluding hydrogens is 368 g/mol. The fourth-order valence-electron chi connectivity index (χ4n) is 3.54. The average molecular weight is 388 g/mol. The van der Waals surface area contributed by atoms with Gasteiger partial charge in [-0.2, -0.15) is 0 Å². The highest BCUT2D eigenvalue weighted by Gasteiger charge is 2.13. The van der Waals surface area contributed by atoms with Crippen LogP contribution in [0, 0.1) is 6.92 Å². The van der Waals surface area contributed by atoms with Crippen LogP contribution in [0.15, 0.2) is 54.7 Å². The zero-order valence-corrected chi connectivity index (χ0v) is 16.3. The van der Waals surface area contributed by atoms with E-state index in [-0.39, 0.29) is 0 Å². The Labute approximate surface area is 167 Å². The molecule has 0 unspecified atom stereocenters. The molecule has 0 amide bonds. The lowest BCUT2D eigenvalue weighted by Gasteiger charge is -2.14. The predicted molar refractivity (Wildman–Crippen MR) is 114 cm³/mol. The van der Waals surface area contributed by atoms with Crippen molar-refractivity contribution in [2.24, 2.45) is 0 Å². The monoisotopic (exact) mass is 388 g/mol. The molecule has 0 spiro atoms. The van der Waals surface area contributed by atoms with Crippen LogP contribution >= 0.6 is 0 Å². The maximum atomic E-state index is 11.6. The smallest absolute Gasteiger partial charge is 0.336 e. The van der Waals surface area contributed by atoms with E-state index in [1.165, 1.54) is 0 Å². The Hall–Kier alpha value is -3.80. The Kier molecular flexibility index (Phi) is 4.68. The van der Waals surface area contributed by atoms with Crippen molar-refractivity contribution < 1.29 is 19.4 Å². The minimum Gasteiger partial charge on any atom is -0.493 e. The Balaban J connectivity index is 1.79. The number of carboxylic acid groups (broad SMARTS) is 1. The minimum absolute atomic E-state index is 0.334. The molecule has 0 radical (unpaired) electrons. The van der Waals surface area contributed by atoms with E-state index in [0.717, 1.165) is 33.2 Å². The summed E-state index contributed by atoms with van der Waals surface area (Å²) < 4.78 is 10.8. The summed E-state index contributed by atoms with van der Waals surface area (Å²) >= 11 is 0. The van der Waals surface area contributed by atoms with E-state index in [1.54, 1.807) is 27.3 Å². The van der Waals surface area contributed by atoms with Crippen molar-refractivity contribution in [1.82, 2.24) is 4.98 Å². The maximum absolute atomic E-state index is 11.6. The maximum Gasteiger partial charge on any atom is 0.336 e. The number of methoxy groups -OCH3 is 2. The van der Waals surface area contributed by atoms with Crippen molar-refractivity contribution in [3.05, 3.63) is 65.9 Å². The number of aryl methyl sites for hydroxylation is 1. The van der Waals surface area contributed by atoms with Crippen molar-refractivity contribution >= 4 is 39.0 Å². The van der Waals surface area contributed by atoms with Crippen LogP contribution in [0.4, 0.5) is 11.4 Å². The van der Waals surface area contributed by atoms with E-state index >= 15 is 0 Å². The zero-order valence-electron chi connectivity index (χ0n) is 16.3. The fourth-order valence-corrected chi connectivity index (χ4v) is 3.54. The first-order chi connectivity index (χ1) is 14.0. The molecule has 0 saturated carbocycles. The number of nitrogens with one attached hydrogen (secondary N) is 1. The summed E-state index contributed by atoms with van der Waals surface area (Å²) in [6, 6.07) is 15.0. The zero-order chi connectivity index (χ0) is 20.5. The number of hydrogen-bond acceptors (Lipinski definition) is 5. The highest BCUT2D eigenvalue weighted by atomic mass is 16.5. The van der Waals surface area contributed by atoms with Crippen LogP contribution in [0.3, 0.4) is 0 Å². The van der Waals surface area contributed by atoms with Gasteiger partial charge in [0.1, 0.15) is 0 Å². The van der Waals surface area contributed by atoms with Gasteiger partial charge in [0, 0.05) is 29.0 Å². The highest BCUT2D eigenvalue weighted by Crippen LogP contribution is 2.36. The number of nitrogens with zero attached hydrogens (tertiary/aromatic N) is 1. The lowest BCUT2D eigenvalue weighted by atomic mass is 9.99. The highest BCUT2D eigenvalue weighted by molar-refractivity contribution is 6.06. The Bertz CT molecular complexity index is 1250. The Morgan fingerprint density at radius 3 is 2.45 bits per heavy atom. The molecule has 6 heteroatoms. The molecule has 1 heterocycles. The molecule has 0 aliphatic carbocycles. The molecule has 29 heavy (non-hydrogen) atoms. The number of fused-ring (bicyclic) bond motifs is 2. The molecule has 0 bridgehead atoms. The number of rotatable bonds is 5. The number of carboxylic acids is 1. The lowest BCUT2D eigenvalue weighted by Crippen LogP contribution is -2.01. The van der Waals surface area contributed by atoms with E-state index in [2.05, 4.69) is 10.3 Å². The molecule has 0 fully saturated rings. The normalized spacial score (nSPS) is 10.9. The first-order valence-corrected chi connectivity index (χ1v) is 9.06. The van der Waals surface area contributed by atoms with Gasteiger partial charge in [-0.05, 0) is 47.5 Å². The summed E-state index contributed by atoms with van der Waals surface area (Å²) in [6.07, 6.45) is 1.73. The molecule has 0 saturated heterocycles. The van der Waals surface area contributed by atoms with Crippen LogP contribution in [0.2, 0.25) is 0 Å². The van der Waals surface area contributed by atoms with Crippen molar-refractivity contribution in [3.63, 3.8) is 0 Å². The summed E-state index contributed by atoms with van der Waals surface area (Å²) in [6.45, 7) is 1.81. The van der Waals surface area contributed by atoms with Crippen molar-refractivity contribution in [3.8, 4) is 11.5 Å². The summed E-state index contributed by atoms with van der Waals surface area (Å²) in [4.78, 5) is 16.0. The van der Waals surface area contributed by atoms with Gasteiger partial charge in [-0.15, -0.1) is 0 Å². The van der Waals surface area contributed by atoms with Crippen molar-refractivity contribution in [2.75, 3.05) is 19.5 Å². The van der Waals surface area contributed by atoms with Gasteiger partial charge < -0.3 is 19.9 Å². The van der Waals surface area contributed by atoms with Gasteiger partial charge in [0.2, 0.25) is 0 Å². The number of hydrogen-bond donors (Lipinski definition) is 2. The quantitative estimate of drug-likeness (QED) is 0.492. The molecule has 146 valence electrons. The number of ether oxygens (including phenoxy) is 2. The second-order valence-electron chi connectivity index (χ2n) is 6.71. The first-order valence-electron chi connectivity index (χ1n) is 9.06. The molecule has 6 nitrogen and oxygen atoms in total. The molecule has 4 aromatic rings. The predicted octanol–water partition coefficient (Wildman–Crippen LogP) is 5.16. The van der Waals surface area contributed by atoms with E-state index in [0.29, 0.717) is 22.4 Å². The van der Waals surface area contributed by atoms with E-state index < -0.39 is 5.97 Å². The van der Waals surface area contributed by atoms with Crippen LogP contribution in [-0.2, 0) is 0 Å². The number of benzene rings is 3. The molecular formula is C23H20N2O4. The first kappa shape index (κ1) is 18.6. The molecule has 1 aromatic heterocycles. The van der Waals surface area contributed by atoms with Gasteiger partial charge in [-0.25, -0.2) is 4.79 Å². The number of carbonyl (C=O) groups is 1. The summed E-state index contributed by atoms with van der Waals surface area (Å²) in [5.41, 5.74) is 3.56. The second-order valence-corrected chi connectivity index (χ2v) is 6.71. The topological polar surface area (TPSA) is 80.7 Å². The SMILES string of the molecule is COc1cc2nccc(Nc3ccc4c(C(=O)O)c(C)ccc4c3)c2cc1OC. The third-order valence-electron chi connectivity index (χ3n) is 4.97. The number of anilines is 2. The molecule has 3 aromatic carbocycles. The van der Waals surface area contributed by atoms with Gasteiger partial charge in [-0.3, -0.25) is 4.98 Å². The number of aromatic carboxylic acids is 1. The van der Waals surface area contributed by atoms with Gasteiger partial charge in [0.25, 0.3) is 0 Å². The van der Waals surface area contributed by atoms with E-state index in [9.17, 15) is 9.90 Å². The second kappa shape index (κ2) is 7.31. The molecule has 0 aliphatic heterocycles. The van der Waals surface area contributed by atoms with Crippen LogP contribution in [0.1, 0.15) is 15.9 Å². The fraction of sp³-hybridized carbons (Fsp3) is 0.130. The minimum atomic E-state index is -0.921. The van der Waals surface area contributed by atoms with Gasteiger partial charge >= 0.3 is 5.97 Å².